The van der Waals surface area contributed by atoms with E-state index < -0.39 is 20.8 Å². The third kappa shape index (κ3) is 14.5. The molecule has 0 aliphatic carbocycles. The average Bonchev–Trinajstić information content (AvgIpc) is 2.66. The van der Waals surface area contributed by atoms with Crippen molar-refractivity contribution in [3.8, 4) is 11.5 Å². The molecule has 0 heterocycles. The Kier molecular flexibility index (Phi) is 17.1. The van der Waals surface area contributed by atoms with Crippen molar-refractivity contribution in [2.24, 2.45) is 5.92 Å². The second-order valence-corrected chi connectivity index (χ2v) is 10.3. The topological polar surface area (TPSA) is 97.7 Å². The molecule has 0 aliphatic heterocycles. The van der Waals surface area contributed by atoms with Crippen LogP contribution in [0, 0.1) is 5.92 Å². The molecular formula is C24H41NaO5S. The van der Waals surface area contributed by atoms with Gasteiger partial charge >= 0.3 is 29.6 Å². The molecule has 0 spiro atoms. The molecule has 0 saturated heterocycles. The predicted octanol–water partition coefficient (Wildman–Crippen LogP) is 3.67. The zero-order valence-electron chi connectivity index (χ0n) is 19.9. The van der Waals surface area contributed by atoms with Crippen molar-refractivity contribution in [1.29, 1.82) is 0 Å². The summed E-state index contributed by atoms with van der Waals surface area (Å²) in [5.74, 6) is -0.00150. The molecule has 0 fully saturated rings. The number of phenolic OH excluding ortho intramolecular Hbond substituents is 2. The summed E-state index contributed by atoms with van der Waals surface area (Å²) in [6, 6.07) is 2.03. The zero-order chi connectivity index (χ0) is 22.4. The smallest absolute Gasteiger partial charge is 0.744 e. The molecule has 1 aromatic rings. The van der Waals surface area contributed by atoms with Gasteiger partial charge < -0.3 is 14.8 Å². The maximum atomic E-state index is 11.0. The van der Waals surface area contributed by atoms with Crippen LogP contribution in [0.5, 0.6) is 11.5 Å². The molecule has 5 nitrogen and oxygen atoms in total. The second kappa shape index (κ2) is 17.2. The molecule has 31 heavy (non-hydrogen) atoms. The van der Waals surface area contributed by atoms with Crippen LogP contribution in [-0.4, -0.2) is 23.2 Å². The van der Waals surface area contributed by atoms with Crippen molar-refractivity contribution in [1.82, 2.24) is 0 Å². The molecule has 0 saturated carbocycles. The predicted molar refractivity (Wildman–Crippen MR) is 121 cm³/mol. The summed E-state index contributed by atoms with van der Waals surface area (Å²) in [7, 11) is -4.79. The van der Waals surface area contributed by atoms with E-state index in [0.717, 1.165) is 31.2 Å². The summed E-state index contributed by atoms with van der Waals surface area (Å²) in [6.45, 7) is 4.59. The van der Waals surface area contributed by atoms with E-state index in [0.29, 0.717) is 12.0 Å². The number of phenols is 2. The van der Waals surface area contributed by atoms with Gasteiger partial charge in [-0.2, -0.15) is 0 Å². The average molecular weight is 465 g/mol. The minimum atomic E-state index is -4.79. The molecule has 2 N–H and O–H groups in total. The number of aryl methyl sites for hydroxylation is 1. The molecule has 0 amide bonds. The van der Waals surface area contributed by atoms with Gasteiger partial charge in [0.15, 0.2) is 0 Å². The summed E-state index contributed by atoms with van der Waals surface area (Å²) in [5.41, 5.74) is 0.476. The Morgan fingerprint density at radius 1 is 0.742 bits per heavy atom. The fourth-order valence-corrected chi connectivity index (χ4v) is 4.39. The SMILES string of the molecule is CC(C)CCCCCCCCCCCCCCCc1cc(O)c(S(=O)(=O)[O-])cc1O.[Na+]. The molecule has 1 aromatic carbocycles. The van der Waals surface area contributed by atoms with Crippen LogP contribution >= 0.6 is 0 Å². The summed E-state index contributed by atoms with van der Waals surface area (Å²) in [6.07, 6.45) is 18.3. The van der Waals surface area contributed by atoms with Gasteiger partial charge in [-0.1, -0.05) is 97.3 Å². The number of unbranched alkanes of at least 4 members (excludes halogenated alkanes) is 12. The van der Waals surface area contributed by atoms with Gasteiger partial charge in [-0.3, -0.25) is 0 Å². The Morgan fingerprint density at radius 3 is 1.58 bits per heavy atom. The summed E-state index contributed by atoms with van der Waals surface area (Å²) in [5, 5.41) is 19.6. The maximum Gasteiger partial charge on any atom is 1.00 e. The van der Waals surface area contributed by atoms with Crippen LogP contribution in [0.1, 0.15) is 109 Å². The monoisotopic (exact) mass is 464 g/mol. The van der Waals surface area contributed by atoms with Crippen molar-refractivity contribution >= 4 is 10.1 Å². The fraction of sp³-hybridized carbons (Fsp3) is 0.750. The van der Waals surface area contributed by atoms with Crippen molar-refractivity contribution in [3.05, 3.63) is 17.7 Å². The van der Waals surface area contributed by atoms with Gasteiger partial charge in [0.2, 0.25) is 0 Å². The Balaban J connectivity index is 0.00000900. The van der Waals surface area contributed by atoms with Gasteiger partial charge in [0, 0.05) is 6.07 Å². The van der Waals surface area contributed by atoms with Crippen LogP contribution < -0.4 is 29.6 Å². The van der Waals surface area contributed by atoms with Gasteiger partial charge in [-0.25, -0.2) is 8.42 Å². The summed E-state index contributed by atoms with van der Waals surface area (Å²) >= 11 is 0. The van der Waals surface area contributed by atoms with E-state index in [4.69, 9.17) is 0 Å². The van der Waals surface area contributed by atoms with Crippen LogP contribution in [0.25, 0.3) is 0 Å². The van der Waals surface area contributed by atoms with Gasteiger partial charge in [0.1, 0.15) is 21.6 Å². The molecular weight excluding hydrogens is 423 g/mol. The van der Waals surface area contributed by atoms with E-state index >= 15 is 0 Å². The van der Waals surface area contributed by atoms with Crippen LogP contribution in [0.15, 0.2) is 17.0 Å². The van der Waals surface area contributed by atoms with E-state index in [1.165, 1.54) is 76.7 Å². The third-order valence-electron chi connectivity index (χ3n) is 5.66. The molecule has 0 bridgehead atoms. The number of hydrogen-bond acceptors (Lipinski definition) is 5. The standard InChI is InChI=1S/C24H42O5S.Na/c1-20(2)16-14-12-10-8-6-4-3-5-7-9-11-13-15-17-21-18-23(26)24(19-22(21)25)30(27,28)29;/h18-20,25-26H,3-17H2,1-2H3,(H,27,28,29);/q;+1/p-1. The molecule has 0 atom stereocenters. The Labute approximate surface area is 212 Å². The van der Waals surface area contributed by atoms with Crippen LogP contribution in [0.4, 0.5) is 0 Å². The molecule has 0 aromatic heterocycles. The van der Waals surface area contributed by atoms with Crippen LogP contribution in [0.3, 0.4) is 0 Å². The molecule has 0 aliphatic rings. The van der Waals surface area contributed by atoms with Gasteiger partial charge in [-0.15, -0.1) is 0 Å². The first-order valence-electron chi connectivity index (χ1n) is 11.7. The number of aromatic hydroxyl groups is 2. The number of hydrogen-bond donors (Lipinski definition) is 2. The largest absolute Gasteiger partial charge is 1.00 e. The summed E-state index contributed by atoms with van der Waals surface area (Å²) in [4.78, 5) is -0.769. The van der Waals surface area contributed by atoms with Crippen molar-refractivity contribution in [3.63, 3.8) is 0 Å². The van der Waals surface area contributed by atoms with Gasteiger partial charge in [0.25, 0.3) is 0 Å². The molecule has 0 unspecified atom stereocenters. The Bertz CT molecular complexity index is 704. The first-order chi connectivity index (χ1) is 14.2. The van der Waals surface area contributed by atoms with Crippen molar-refractivity contribution in [2.45, 2.75) is 115 Å². The van der Waals surface area contributed by atoms with Crippen molar-refractivity contribution < 1.29 is 52.7 Å². The van der Waals surface area contributed by atoms with Crippen molar-refractivity contribution in [2.75, 3.05) is 0 Å². The van der Waals surface area contributed by atoms with E-state index in [2.05, 4.69) is 13.8 Å². The first kappa shape index (κ1) is 30.7. The van der Waals surface area contributed by atoms with E-state index in [1.54, 1.807) is 0 Å². The number of benzene rings is 1. The maximum absolute atomic E-state index is 11.0. The molecule has 174 valence electrons. The van der Waals surface area contributed by atoms with Gasteiger partial charge in [-0.05, 0) is 30.4 Å². The van der Waals surface area contributed by atoms with E-state index in [1.807, 2.05) is 0 Å². The zero-order valence-corrected chi connectivity index (χ0v) is 22.7. The number of rotatable bonds is 17. The van der Waals surface area contributed by atoms with Crippen LogP contribution in [-0.2, 0) is 16.5 Å². The molecule has 7 heteroatoms. The van der Waals surface area contributed by atoms with Crippen LogP contribution in [0.2, 0.25) is 0 Å². The minimum Gasteiger partial charge on any atom is -0.744 e. The Morgan fingerprint density at radius 2 is 1.16 bits per heavy atom. The molecule has 0 radical (unpaired) electrons. The minimum absolute atomic E-state index is 0. The summed E-state index contributed by atoms with van der Waals surface area (Å²) < 4.78 is 33.0. The second-order valence-electron chi connectivity index (χ2n) is 8.93. The first-order valence-corrected chi connectivity index (χ1v) is 13.1. The fourth-order valence-electron chi connectivity index (χ4n) is 3.81. The van der Waals surface area contributed by atoms with Gasteiger partial charge in [0.05, 0.1) is 4.90 Å². The third-order valence-corrected chi connectivity index (χ3v) is 6.52. The normalized spacial score (nSPS) is 11.6. The van der Waals surface area contributed by atoms with E-state index in [9.17, 15) is 23.2 Å². The molecule has 1 rings (SSSR count). The Hall–Kier alpha value is -0.270. The quantitative estimate of drug-likeness (QED) is 0.159. The van der Waals surface area contributed by atoms with E-state index in [-0.39, 0.29) is 35.3 Å².